The maximum atomic E-state index is 14.8. The molecule has 2 aliphatic rings. The zero-order valence-corrected chi connectivity index (χ0v) is 27.4. The first kappa shape index (κ1) is 38.1. The third kappa shape index (κ3) is 7.32. The van der Waals surface area contributed by atoms with Crippen molar-refractivity contribution in [3.8, 4) is 0 Å². The number of nitrogens with zero attached hydrogens (tertiary/aromatic N) is 2. The third-order valence-corrected chi connectivity index (χ3v) is 9.98. The Bertz CT molecular complexity index is 1880. The second-order valence-corrected chi connectivity index (χ2v) is 13.0. The molecule has 5 rings (SSSR count). The number of aryl methyl sites for hydroxylation is 1. The number of likely N-dealkylation sites (tertiary alicyclic amines) is 1. The van der Waals surface area contributed by atoms with E-state index in [1.165, 1.54) is 43.4 Å². The molecule has 1 aliphatic carbocycles. The largest absolute Gasteiger partial charge is 0.467 e. The lowest BCUT2D eigenvalue weighted by Crippen LogP contribution is -2.59. The van der Waals surface area contributed by atoms with Crippen LogP contribution in [0.15, 0.2) is 41.2 Å². The van der Waals surface area contributed by atoms with Crippen molar-refractivity contribution >= 4 is 22.8 Å². The van der Waals surface area contributed by atoms with Gasteiger partial charge in [0.05, 0.1) is 31.3 Å². The molecule has 0 bridgehead atoms. The molecule has 2 unspecified atom stereocenters. The van der Waals surface area contributed by atoms with Crippen molar-refractivity contribution in [3.63, 3.8) is 0 Å². The average molecular weight is 736 g/mol. The number of piperidine rings is 1. The minimum absolute atomic E-state index is 0.000406. The molecule has 0 saturated carbocycles. The van der Waals surface area contributed by atoms with E-state index in [1.54, 1.807) is 0 Å². The number of rotatable bonds is 8. The van der Waals surface area contributed by atoms with Gasteiger partial charge in [0.1, 0.15) is 11.5 Å². The SMILES string of the molecule is COC(=O)C(Cc1cccc2c1CCC2c1c(C(F)(F)F)c2cc(CO)ccc2n(C)c1=O)NC(=O)C1(C(F)(F)F)CCN(CC(F)(F)F)CC1. The molecule has 2 heterocycles. The van der Waals surface area contributed by atoms with Crippen LogP contribution >= 0.6 is 0 Å². The zero-order chi connectivity index (χ0) is 37.7. The Morgan fingerprint density at radius 3 is 2.27 bits per heavy atom. The van der Waals surface area contributed by atoms with E-state index >= 15 is 0 Å². The average Bonchev–Trinajstić information content (AvgIpc) is 3.48. The van der Waals surface area contributed by atoms with E-state index in [-0.39, 0.29) is 29.3 Å². The highest BCUT2D eigenvalue weighted by atomic mass is 19.4. The number of fused-ring (bicyclic) bond motifs is 2. The highest BCUT2D eigenvalue weighted by Gasteiger charge is 2.61. The summed E-state index contributed by atoms with van der Waals surface area (Å²) in [7, 11) is 2.27. The number of aliphatic hydroxyl groups is 1. The molecule has 1 aromatic heterocycles. The summed E-state index contributed by atoms with van der Waals surface area (Å²) in [5.74, 6) is -3.80. The van der Waals surface area contributed by atoms with Crippen LogP contribution in [0.2, 0.25) is 0 Å². The van der Waals surface area contributed by atoms with Gasteiger partial charge in [-0.3, -0.25) is 14.5 Å². The quantitative estimate of drug-likeness (QED) is 0.233. The predicted octanol–water partition coefficient (Wildman–Crippen LogP) is 5.53. The van der Waals surface area contributed by atoms with E-state index in [9.17, 15) is 59.0 Å². The summed E-state index contributed by atoms with van der Waals surface area (Å²) in [5, 5.41) is 11.4. The summed E-state index contributed by atoms with van der Waals surface area (Å²) in [6.45, 7) is -3.36. The molecular weight excluding hydrogens is 701 g/mol. The van der Waals surface area contributed by atoms with Crippen LogP contribution in [-0.2, 0) is 47.0 Å². The number of halogens is 9. The van der Waals surface area contributed by atoms with E-state index in [2.05, 4.69) is 5.32 Å². The summed E-state index contributed by atoms with van der Waals surface area (Å²) in [5.41, 5.74) is -4.40. The summed E-state index contributed by atoms with van der Waals surface area (Å²) >= 11 is 0. The van der Waals surface area contributed by atoms with Crippen molar-refractivity contribution in [1.29, 1.82) is 0 Å². The first-order chi connectivity index (χ1) is 23.7. The number of nitrogens with one attached hydrogen (secondary N) is 1. The van der Waals surface area contributed by atoms with Gasteiger partial charge in [-0.25, -0.2) is 4.79 Å². The number of alkyl halides is 9. The lowest BCUT2D eigenvalue weighted by Gasteiger charge is -2.42. The summed E-state index contributed by atoms with van der Waals surface area (Å²) in [6.07, 6.45) is -17.1. The molecule has 3 aromatic rings. The van der Waals surface area contributed by atoms with Crippen molar-refractivity contribution in [3.05, 3.63) is 80.1 Å². The molecule has 51 heavy (non-hydrogen) atoms. The van der Waals surface area contributed by atoms with Crippen LogP contribution in [0, 0.1) is 5.41 Å². The van der Waals surface area contributed by atoms with E-state index in [0.717, 1.165) is 16.6 Å². The first-order valence-corrected chi connectivity index (χ1v) is 15.9. The Balaban J connectivity index is 1.50. The Hall–Kier alpha value is -4.12. The maximum absolute atomic E-state index is 14.8. The molecule has 2 aromatic carbocycles. The fourth-order valence-electron chi connectivity index (χ4n) is 7.40. The monoisotopic (exact) mass is 735 g/mol. The number of hydrogen-bond donors (Lipinski definition) is 2. The molecule has 1 fully saturated rings. The number of methoxy groups -OCH3 is 1. The second-order valence-electron chi connectivity index (χ2n) is 13.0. The molecule has 2 atom stereocenters. The molecule has 1 aliphatic heterocycles. The molecule has 1 saturated heterocycles. The van der Waals surface area contributed by atoms with E-state index in [4.69, 9.17) is 4.74 Å². The number of carbonyl (C=O) groups excluding carboxylic acids is 2. The lowest BCUT2D eigenvalue weighted by atomic mass is 9.76. The van der Waals surface area contributed by atoms with Crippen molar-refractivity contribution < 1.29 is 58.9 Å². The van der Waals surface area contributed by atoms with Crippen molar-refractivity contribution in [1.82, 2.24) is 14.8 Å². The number of aromatic nitrogens is 1. The maximum Gasteiger partial charge on any atom is 0.417 e. The molecule has 0 radical (unpaired) electrons. The number of ether oxygens (including phenoxy) is 1. The Morgan fingerprint density at radius 1 is 1.04 bits per heavy atom. The number of carbonyl (C=O) groups is 2. The van der Waals surface area contributed by atoms with Crippen molar-refractivity contribution in [2.75, 3.05) is 26.7 Å². The first-order valence-electron chi connectivity index (χ1n) is 15.9. The number of benzene rings is 2. The van der Waals surface area contributed by atoms with Gasteiger partial charge in [-0.05, 0) is 73.2 Å². The predicted molar refractivity (Wildman–Crippen MR) is 165 cm³/mol. The number of hydrogen-bond acceptors (Lipinski definition) is 6. The fraction of sp³-hybridized carbons (Fsp3) is 0.500. The molecule has 278 valence electrons. The molecular formula is C34H34F9N3O5. The number of amides is 1. The topological polar surface area (TPSA) is 101 Å². The number of pyridine rings is 1. The number of aliphatic hydroxyl groups excluding tert-OH is 1. The van der Waals surface area contributed by atoms with Gasteiger partial charge in [-0.15, -0.1) is 0 Å². The Labute approximate surface area is 285 Å². The van der Waals surface area contributed by atoms with Crippen LogP contribution < -0.4 is 10.9 Å². The van der Waals surface area contributed by atoms with E-state index in [0.29, 0.717) is 16.7 Å². The summed E-state index contributed by atoms with van der Waals surface area (Å²) in [6, 6.07) is 6.67. The second kappa shape index (κ2) is 13.8. The minimum atomic E-state index is -5.18. The van der Waals surface area contributed by atoms with Gasteiger partial charge in [0.2, 0.25) is 5.91 Å². The van der Waals surface area contributed by atoms with Gasteiger partial charge in [-0.2, -0.15) is 39.5 Å². The molecule has 1 amide bonds. The molecule has 17 heteroatoms. The fourth-order valence-corrected chi connectivity index (χ4v) is 7.40. The standard InChI is InChI=1S/C34H34F9N3O5/c1-45-25-9-6-18(16-47)14-23(25)27(33(38,39)40)26(28(45)48)22-8-7-20-19(4-3-5-21(20)22)15-24(29(49)51-2)44-30(50)31(34(41,42)43)10-12-46(13-11-31)17-32(35,36)37/h3-6,9,14,22,24,47H,7-8,10-13,15-17H2,1-2H3,(H,44,50). The highest BCUT2D eigenvalue weighted by molar-refractivity contribution is 5.89. The van der Waals surface area contributed by atoms with Crippen LogP contribution in [-0.4, -0.2) is 71.6 Å². The van der Waals surface area contributed by atoms with Crippen LogP contribution in [0.1, 0.15) is 58.6 Å². The van der Waals surface area contributed by atoms with Gasteiger partial charge in [0.25, 0.3) is 5.56 Å². The van der Waals surface area contributed by atoms with E-state index < -0.39 is 110 Å². The Kier molecular flexibility index (Phi) is 10.3. The van der Waals surface area contributed by atoms with Crippen LogP contribution in [0.5, 0.6) is 0 Å². The van der Waals surface area contributed by atoms with E-state index in [1.807, 2.05) is 0 Å². The van der Waals surface area contributed by atoms with Gasteiger partial charge < -0.3 is 19.7 Å². The van der Waals surface area contributed by atoms with Crippen LogP contribution in [0.25, 0.3) is 10.9 Å². The van der Waals surface area contributed by atoms with Crippen molar-refractivity contribution in [2.24, 2.45) is 12.5 Å². The third-order valence-electron chi connectivity index (χ3n) is 9.98. The molecule has 2 N–H and O–H groups in total. The van der Waals surface area contributed by atoms with Crippen LogP contribution in [0.3, 0.4) is 0 Å². The highest BCUT2D eigenvalue weighted by Crippen LogP contribution is 2.48. The Morgan fingerprint density at radius 2 is 1.71 bits per heavy atom. The molecule has 0 spiro atoms. The summed E-state index contributed by atoms with van der Waals surface area (Å²) < 4.78 is 132. The van der Waals surface area contributed by atoms with Gasteiger partial charge in [0.15, 0.2) is 0 Å². The van der Waals surface area contributed by atoms with Gasteiger partial charge in [-0.1, -0.05) is 24.3 Å². The molecule has 8 nitrogen and oxygen atoms in total. The van der Waals surface area contributed by atoms with Crippen LogP contribution in [0.4, 0.5) is 39.5 Å². The van der Waals surface area contributed by atoms with Gasteiger partial charge in [0, 0.05) is 30.3 Å². The minimum Gasteiger partial charge on any atom is -0.467 e. The van der Waals surface area contributed by atoms with Crippen molar-refractivity contribution in [2.45, 2.75) is 69.2 Å². The summed E-state index contributed by atoms with van der Waals surface area (Å²) in [4.78, 5) is 40.6. The number of esters is 1. The smallest absolute Gasteiger partial charge is 0.417 e. The van der Waals surface area contributed by atoms with Gasteiger partial charge >= 0.3 is 24.5 Å². The normalized spacial score (nSPS) is 18.8. The zero-order valence-electron chi connectivity index (χ0n) is 27.4. The lowest BCUT2D eigenvalue weighted by molar-refractivity contribution is -0.236.